The van der Waals surface area contributed by atoms with Crippen molar-refractivity contribution in [2.24, 2.45) is 0 Å². The van der Waals surface area contributed by atoms with Gasteiger partial charge in [-0.15, -0.1) is 0 Å². The van der Waals surface area contributed by atoms with Crippen molar-refractivity contribution in [1.29, 1.82) is 0 Å². The van der Waals surface area contributed by atoms with E-state index in [1.807, 2.05) is 0 Å². The third-order valence-corrected chi connectivity index (χ3v) is 0. The molecule has 0 unspecified atom stereocenters. The predicted molar refractivity (Wildman–Crippen MR) is 22.1 cm³/mol. The molecule has 0 rings (SSSR count). The molecule has 6 heavy (non-hydrogen) atoms. The van der Waals surface area contributed by atoms with E-state index in [2.05, 4.69) is 0 Å². The second-order valence-electron chi connectivity index (χ2n) is 0. The number of rotatable bonds is 0. The standard InChI is InChI=1S/In.3O.Sb.Sn.2H. The van der Waals surface area contributed by atoms with Crippen LogP contribution >= 0.6 is 0 Å². The predicted octanol–water partition coefficient (Wildman–Crippen LogP) is -2.03. The second kappa shape index (κ2) is 67.0. The van der Waals surface area contributed by atoms with E-state index < -0.39 is 0 Å². The zero-order valence-corrected chi connectivity index (χ0v) is 12.7. The van der Waals surface area contributed by atoms with Gasteiger partial charge in [-0.1, -0.05) is 0 Å². The SMILES string of the molecule is [O]=[InH].[O]=[SbH].[O]=[Sn]. The van der Waals surface area contributed by atoms with Crippen LogP contribution in [0.1, 0.15) is 0 Å². The number of hydrogen-bond donors (Lipinski definition) is 0. The Balaban J connectivity index is -0.0000000225. The molecule has 0 aromatic carbocycles. The first kappa shape index (κ1) is 15.7. The summed E-state index contributed by atoms with van der Waals surface area (Å²) in [7, 11) is 0. The van der Waals surface area contributed by atoms with E-state index in [4.69, 9.17) is 8.95 Å². The molecule has 6 heteroatoms. The molecule has 0 aromatic heterocycles. The Morgan fingerprint density at radius 3 is 1.17 bits per heavy atom. The minimum absolute atomic E-state index is 0.1000. The van der Waals surface area contributed by atoms with Crippen molar-refractivity contribution in [2.75, 3.05) is 0 Å². The van der Waals surface area contributed by atoms with Crippen LogP contribution < -0.4 is 0 Å². The topological polar surface area (TPSA) is 51.2 Å². The summed E-state index contributed by atoms with van der Waals surface area (Å²) < 4.78 is 25.1. The Kier molecular flexibility index (Phi) is 175. The van der Waals surface area contributed by atoms with Crippen molar-refractivity contribution in [3.05, 3.63) is 0 Å². The fourth-order valence-electron chi connectivity index (χ4n) is 0. The van der Waals surface area contributed by atoms with Crippen molar-refractivity contribution in [3.8, 4) is 0 Å². The normalized spacial score (nSPS) is 1.83. The van der Waals surface area contributed by atoms with Crippen molar-refractivity contribution in [1.82, 2.24) is 0 Å². The molecule has 0 bridgehead atoms. The second-order valence-corrected chi connectivity index (χ2v) is 0. The van der Waals surface area contributed by atoms with Crippen LogP contribution in [0.15, 0.2) is 0 Å². The van der Waals surface area contributed by atoms with Gasteiger partial charge in [0, 0.05) is 0 Å². The molecule has 0 spiro atoms. The third kappa shape index (κ3) is 39.5. The molecule has 3 nitrogen and oxygen atoms in total. The Morgan fingerprint density at radius 2 is 1.17 bits per heavy atom. The Morgan fingerprint density at radius 1 is 1.17 bits per heavy atom. The monoisotopic (exact) mass is 406 g/mol. The first-order valence-corrected chi connectivity index (χ1v) is 4.68. The molecule has 0 saturated carbocycles. The van der Waals surface area contributed by atoms with Crippen LogP contribution in [0.25, 0.3) is 0 Å². The van der Waals surface area contributed by atoms with Gasteiger partial charge in [0.05, 0.1) is 0 Å². The minimum atomic E-state index is -0.1000. The van der Waals surface area contributed by atoms with Gasteiger partial charge in [0.2, 0.25) is 0 Å². The quantitative estimate of drug-likeness (QED) is 0.437. The van der Waals surface area contributed by atoms with Gasteiger partial charge >= 0.3 is 78.8 Å². The molecule has 0 atom stereocenters. The zero-order chi connectivity index (χ0) is 6.00. The molecule has 0 aromatic rings. The molecule has 2 radical (unpaired) electrons. The first-order chi connectivity index (χ1) is 3.00. The summed E-state index contributed by atoms with van der Waals surface area (Å²) in [4.78, 5) is 0. The van der Waals surface area contributed by atoms with Crippen LogP contribution in [-0.2, 0) is 8.95 Å². The molecule has 32 valence electrons. The average molecular weight is 405 g/mol. The summed E-state index contributed by atoms with van der Waals surface area (Å²) in [6.07, 6.45) is 0. The third-order valence-electron chi connectivity index (χ3n) is 0. The van der Waals surface area contributed by atoms with Crippen molar-refractivity contribution in [3.63, 3.8) is 0 Å². The molecule has 0 heterocycles. The maximum atomic E-state index is 8.42. The van der Waals surface area contributed by atoms with Gasteiger partial charge in [0.1, 0.15) is 0 Å². The van der Waals surface area contributed by atoms with Gasteiger partial charge in [-0.2, -0.15) is 0 Å². The molecule has 0 fully saturated rings. The Labute approximate surface area is 77.6 Å². The summed E-state index contributed by atoms with van der Waals surface area (Å²) in [5, 5.41) is 0. The molecule has 0 N–H and O–H groups in total. The fourth-order valence-corrected chi connectivity index (χ4v) is 0. The van der Waals surface area contributed by atoms with Crippen molar-refractivity contribution >= 4 is 69.9 Å². The van der Waals surface area contributed by atoms with Crippen LogP contribution in [0, 0.1) is 0 Å². The van der Waals surface area contributed by atoms with Gasteiger partial charge in [-0.25, -0.2) is 0 Å². The van der Waals surface area contributed by atoms with E-state index >= 15 is 0 Å². The van der Waals surface area contributed by atoms with Crippen molar-refractivity contribution in [2.45, 2.75) is 0 Å². The fraction of sp³-hybridized carbons (Fsp3) is 0. The molecular formula is H2InO3SbSn. The van der Waals surface area contributed by atoms with Crippen LogP contribution in [0.3, 0.4) is 0 Å². The summed E-state index contributed by atoms with van der Waals surface area (Å²) in [5.74, 6) is 0. The van der Waals surface area contributed by atoms with E-state index in [1.54, 1.807) is 0 Å². The number of hydrogen-bond acceptors (Lipinski definition) is 3. The Hall–Kier alpha value is 1.89. The van der Waals surface area contributed by atoms with E-state index in [0.29, 0.717) is 45.5 Å². The average Bonchev–Trinajstić information content (AvgIpc) is 1.81. The summed E-state index contributed by atoms with van der Waals surface area (Å²) in [6.45, 7) is 0. The molecule has 0 aliphatic rings. The Bertz CT molecular complexity index is 15.5. The molecule has 0 aliphatic carbocycles. The van der Waals surface area contributed by atoms with Gasteiger partial charge < -0.3 is 0 Å². The van der Waals surface area contributed by atoms with Gasteiger partial charge in [-0.05, 0) is 0 Å². The van der Waals surface area contributed by atoms with Gasteiger partial charge in [0.25, 0.3) is 0 Å². The molecule has 0 aliphatic heterocycles. The molecule has 0 saturated heterocycles. The van der Waals surface area contributed by atoms with E-state index in [9.17, 15) is 0 Å². The van der Waals surface area contributed by atoms with Crippen LogP contribution in [0.5, 0.6) is 0 Å². The van der Waals surface area contributed by atoms with Gasteiger partial charge in [-0.3, -0.25) is 0 Å². The zero-order valence-electron chi connectivity index (χ0n) is 2.93. The van der Waals surface area contributed by atoms with E-state index in [-0.39, 0.29) is 24.4 Å². The summed E-state index contributed by atoms with van der Waals surface area (Å²) in [5.41, 5.74) is 0. The van der Waals surface area contributed by atoms with Gasteiger partial charge in [0.15, 0.2) is 0 Å². The molecular weight excluding hydrogens is 403 g/mol. The summed E-state index contributed by atoms with van der Waals surface area (Å²) >= 11 is 0.500. The van der Waals surface area contributed by atoms with E-state index in [1.165, 1.54) is 0 Å². The van der Waals surface area contributed by atoms with Crippen molar-refractivity contribution < 1.29 is 8.95 Å². The van der Waals surface area contributed by atoms with Crippen LogP contribution in [-0.4, -0.2) is 69.9 Å². The van der Waals surface area contributed by atoms with Crippen LogP contribution in [0.4, 0.5) is 0 Å². The molecule has 0 amide bonds. The van der Waals surface area contributed by atoms with E-state index in [0.717, 1.165) is 0 Å². The first-order valence-electron chi connectivity index (χ1n) is 0.697. The summed E-state index contributed by atoms with van der Waals surface area (Å²) in [6, 6.07) is 0. The maximum absolute atomic E-state index is 8.42. The van der Waals surface area contributed by atoms with Crippen LogP contribution in [0.2, 0.25) is 0 Å².